The van der Waals surface area contributed by atoms with E-state index in [-0.39, 0.29) is 47.3 Å². The molecule has 29 heavy (non-hydrogen) atoms. The van der Waals surface area contributed by atoms with Crippen LogP contribution in [-0.4, -0.2) is 73.7 Å². The molecule has 1 saturated carbocycles. The van der Waals surface area contributed by atoms with Crippen molar-refractivity contribution in [1.82, 2.24) is 9.80 Å². The van der Waals surface area contributed by atoms with Crippen LogP contribution in [0.3, 0.4) is 0 Å². The molecular formula is C21H28N2O5S. The van der Waals surface area contributed by atoms with Crippen LogP contribution in [0.2, 0.25) is 0 Å². The van der Waals surface area contributed by atoms with E-state index < -0.39 is 15.3 Å². The Labute approximate surface area is 171 Å². The fourth-order valence-electron chi connectivity index (χ4n) is 4.80. The van der Waals surface area contributed by atoms with E-state index in [4.69, 9.17) is 0 Å². The number of aliphatic hydroxyl groups excluding tert-OH is 1. The van der Waals surface area contributed by atoms with Gasteiger partial charge in [-0.2, -0.15) is 0 Å². The molecule has 0 aromatic heterocycles. The summed E-state index contributed by atoms with van der Waals surface area (Å²) < 4.78 is 24.9. The molecule has 2 heterocycles. The zero-order valence-corrected chi connectivity index (χ0v) is 17.3. The maximum absolute atomic E-state index is 12.7. The van der Waals surface area contributed by atoms with Crippen LogP contribution in [-0.2, 0) is 19.4 Å². The van der Waals surface area contributed by atoms with E-state index in [9.17, 15) is 23.1 Å². The van der Waals surface area contributed by atoms with E-state index in [1.807, 2.05) is 4.90 Å². The first kappa shape index (κ1) is 20.3. The van der Waals surface area contributed by atoms with Crippen molar-refractivity contribution >= 4 is 21.7 Å². The average Bonchev–Trinajstić information content (AvgIpc) is 3.20. The average molecular weight is 421 g/mol. The zero-order chi connectivity index (χ0) is 20.6. The Kier molecular flexibility index (Phi) is 5.42. The Bertz CT molecular complexity index is 884. The first-order chi connectivity index (χ1) is 13.8. The molecule has 1 N–H and O–H groups in total. The smallest absolute Gasteiger partial charge is 0.225 e. The molecule has 3 fully saturated rings. The van der Waals surface area contributed by atoms with Gasteiger partial charge in [-0.25, -0.2) is 8.42 Å². The molecule has 4 rings (SSSR count). The SMILES string of the molecule is O=C(CCS(=O)(=O)c1ccccc1)N1C[C@H]2CN(C(=O)C3CCC3)C[C@@]2(CO)C1. The highest BCUT2D eigenvalue weighted by molar-refractivity contribution is 7.91. The Hall–Kier alpha value is -1.93. The maximum Gasteiger partial charge on any atom is 0.225 e. The molecule has 1 aromatic carbocycles. The van der Waals surface area contributed by atoms with Crippen LogP contribution in [0, 0.1) is 17.3 Å². The molecule has 3 aliphatic rings. The van der Waals surface area contributed by atoms with Gasteiger partial charge in [0.1, 0.15) is 0 Å². The second-order valence-electron chi connectivity index (χ2n) is 8.72. The number of sulfone groups is 1. The van der Waals surface area contributed by atoms with Crippen LogP contribution in [0.25, 0.3) is 0 Å². The lowest BCUT2D eigenvalue weighted by atomic mass is 9.82. The number of benzene rings is 1. The van der Waals surface area contributed by atoms with Gasteiger partial charge in [0.05, 0.1) is 17.3 Å². The number of carbonyl (C=O) groups excluding carboxylic acids is 2. The van der Waals surface area contributed by atoms with Gasteiger partial charge >= 0.3 is 0 Å². The first-order valence-electron chi connectivity index (χ1n) is 10.3. The lowest BCUT2D eigenvalue weighted by Gasteiger charge is -2.32. The summed E-state index contributed by atoms with van der Waals surface area (Å²) in [6.07, 6.45) is 2.93. The van der Waals surface area contributed by atoms with Crippen molar-refractivity contribution in [2.45, 2.75) is 30.6 Å². The largest absolute Gasteiger partial charge is 0.396 e. The second-order valence-corrected chi connectivity index (χ2v) is 10.8. The van der Waals surface area contributed by atoms with Crippen molar-refractivity contribution in [2.24, 2.45) is 17.3 Å². The highest BCUT2D eigenvalue weighted by Crippen LogP contribution is 2.43. The summed E-state index contributed by atoms with van der Waals surface area (Å²) in [5, 5.41) is 10.1. The van der Waals surface area contributed by atoms with Crippen LogP contribution in [0.1, 0.15) is 25.7 Å². The van der Waals surface area contributed by atoms with Crippen molar-refractivity contribution in [2.75, 3.05) is 38.5 Å². The Morgan fingerprint density at radius 2 is 1.72 bits per heavy atom. The highest BCUT2D eigenvalue weighted by atomic mass is 32.2. The molecule has 8 heteroatoms. The van der Waals surface area contributed by atoms with Crippen LogP contribution < -0.4 is 0 Å². The maximum atomic E-state index is 12.7. The second kappa shape index (κ2) is 7.72. The topological polar surface area (TPSA) is 95.0 Å². The molecule has 2 aliphatic heterocycles. The Morgan fingerprint density at radius 3 is 2.31 bits per heavy atom. The van der Waals surface area contributed by atoms with Crippen molar-refractivity contribution in [3.8, 4) is 0 Å². The summed E-state index contributed by atoms with van der Waals surface area (Å²) in [5.74, 6) is -0.0688. The predicted molar refractivity (Wildman–Crippen MR) is 107 cm³/mol. The number of rotatable bonds is 6. The molecule has 1 aliphatic carbocycles. The number of carbonyl (C=O) groups is 2. The normalized spacial score (nSPS) is 27.0. The van der Waals surface area contributed by atoms with Crippen molar-refractivity contribution < 1.29 is 23.1 Å². The van der Waals surface area contributed by atoms with Gasteiger partial charge in [0.2, 0.25) is 11.8 Å². The van der Waals surface area contributed by atoms with Gasteiger partial charge < -0.3 is 14.9 Å². The van der Waals surface area contributed by atoms with Crippen LogP contribution in [0.5, 0.6) is 0 Å². The molecule has 0 bridgehead atoms. The fraction of sp³-hybridized carbons (Fsp3) is 0.619. The lowest BCUT2D eigenvalue weighted by molar-refractivity contribution is -0.138. The van der Waals surface area contributed by atoms with Gasteiger partial charge in [-0.15, -0.1) is 0 Å². The minimum atomic E-state index is -3.50. The first-order valence-corrected chi connectivity index (χ1v) is 12.0. The molecule has 2 amide bonds. The Balaban J connectivity index is 1.36. The number of amides is 2. The molecule has 1 aromatic rings. The summed E-state index contributed by atoms with van der Waals surface area (Å²) >= 11 is 0. The number of hydrogen-bond donors (Lipinski definition) is 1. The molecule has 158 valence electrons. The number of nitrogens with zero attached hydrogens (tertiary/aromatic N) is 2. The van der Waals surface area contributed by atoms with Crippen LogP contribution >= 0.6 is 0 Å². The summed E-state index contributed by atoms with van der Waals surface area (Å²) in [6, 6.07) is 8.15. The molecule has 7 nitrogen and oxygen atoms in total. The van der Waals surface area contributed by atoms with E-state index in [0.29, 0.717) is 26.2 Å². The van der Waals surface area contributed by atoms with Crippen molar-refractivity contribution in [3.63, 3.8) is 0 Å². The molecule has 0 unspecified atom stereocenters. The Morgan fingerprint density at radius 1 is 1.07 bits per heavy atom. The minimum Gasteiger partial charge on any atom is -0.396 e. The summed E-state index contributed by atoms with van der Waals surface area (Å²) in [5.41, 5.74) is -0.479. The summed E-state index contributed by atoms with van der Waals surface area (Å²) in [4.78, 5) is 29.0. The molecule has 0 radical (unpaired) electrons. The molecule has 2 atom stereocenters. The zero-order valence-electron chi connectivity index (χ0n) is 16.5. The molecule has 2 saturated heterocycles. The van der Waals surface area contributed by atoms with E-state index >= 15 is 0 Å². The van der Waals surface area contributed by atoms with E-state index in [1.165, 1.54) is 12.1 Å². The van der Waals surface area contributed by atoms with Gasteiger partial charge in [-0.1, -0.05) is 24.6 Å². The van der Waals surface area contributed by atoms with Crippen molar-refractivity contribution in [1.29, 1.82) is 0 Å². The fourth-order valence-corrected chi connectivity index (χ4v) is 6.05. The lowest BCUT2D eigenvalue weighted by Crippen LogP contribution is -2.43. The standard InChI is InChI=1S/C21H28N2O5S/c24-15-21-13-22(11-17(21)12-23(14-21)20(26)16-5-4-6-16)19(25)9-10-29(27,28)18-7-2-1-3-8-18/h1-3,7-8,16-17,24H,4-6,9-15H2/t17-,21+/m0/s1. The number of aliphatic hydroxyl groups is 1. The third kappa shape index (κ3) is 3.80. The van der Waals surface area contributed by atoms with E-state index in [0.717, 1.165) is 19.3 Å². The van der Waals surface area contributed by atoms with Crippen molar-refractivity contribution in [3.05, 3.63) is 30.3 Å². The number of hydrogen-bond acceptors (Lipinski definition) is 5. The van der Waals surface area contributed by atoms with Gasteiger partial charge in [-0.05, 0) is 25.0 Å². The highest BCUT2D eigenvalue weighted by Gasteiger charge is 2.54. The predicted octanol–water partition coefficient (Wildman–Crippen LogP) is 0.930. The van der Waals surface area contributed by atoms with E-state index in [2.05, 4.69) is 0 Å². The van der Waals surface area contributed by atoms with Gasteiger partial charge in [0.25, 0.3) is 0 Å². The quantitative estimate of drug-likeness (QED) is 0.739. The van der Waals surface area contributed by atoms with E-state index in [1.54, 1.807) is 23.1 Å². The van der Waals surface area contributed by atoms with Crippen LogP contribution in [0.15, 0.2) is 35.2 Å². The van der Waals surface area contributed by atoms with Gasteiger partial charge in [0, 0.05) is 49.9 Å². The molecular weight excluding hydrogens is 392 g/mol. The van der Waals surface area contributed by atoms with Gasteiger partial charge in [0.15, 0.2) is 9.84 Å². The van der Waals surface area contributed by atoms with Crippen LogP contribution in [0.4, 0.5) is 0 Å². The molecule has 0 spiro atoms. The third-order valence-corrected chi connectivity index (χ3v) is 8.61. The summed E-state index contributed by atoms with van der Waals surface area (Å²) in [7, 11) is -3.50. The summed E-state index contributed by atoms with van der Waals surface area (Å²) in [6.45, 7) is 1.84. The number of fused-ring (bicyclic) bond motifs is 1. The van der Waals surface area contributed by atoms with Gasteiger partial charge in [-0.3, -0.25) is 9.59 Å². The monoisotopic (exact) mass is 420 g/mol. The third-order valence-electron chi connectivity index (χ3n) is 6.88. The minimum absolute atomic E-state index is 0.0474. The number of likely N-dealkylation sites (tertiary alicyclic amines) is 2.